The zero-order valence-corrected chi connectivity index (χ0v) is 19.0. The van der Waals surface area contributed by atoms with Crippen LogP contribution >= 0.6 is 9.24 Å². The van der Waals surface area contributed by atoms with Crippen LogP contribution in [0.15, 0.2) is 41.8 Å². The summed E-state index contributed by atoms with van der Waals surface area (Å²) in [5, 5.41) is 1.98. The maximum absolute atomic E-state index is 13.1. The lowest BCUT2D eigenvalue weighted by atomic mass is 10.2. The predicted octanol–water partition coefficient (Wildman–Crippen LogP) is 3.23. The Kier molecular flexibility index (Phi) is 7.46. The number of likely N-dealkylation sites (tertiary alicyclic amines) is 1. The third-order valence-electron chi connectivity index (χ3n) is 4.47. The Labute approximate surface area is 175 Å². The van der Waals surface area contributed by atoms with Crippen LogP contribution in [-0.4, -0.2) is 54.9 Å². The average molecular weight is 441 g/mol. The molecule has 3 atom stereocenters. The van der Waals surface area contributed by atoms with E-state index in [1.54, 1.807) is 37.8 Å². The molecule has 1 N–H and O–H groups in total. The fraction of sp³-hybridized carbons (Fsp3) is 0.500. The summed E-state index contributed by atoms with van der Waals surface area (Å²) in [6, 6.07) is 6.08. The van der Waals surface area contributed by atoms with Crippen LogP contribution in [0.2, 0.25) is 0 Å². The van der Waals surface area contributed by atoms with Crippen LogP contribution in [0.4, 0.5) is 10.5 Å². The molecule has 1 aromatic carbocycles. The number of anilines is 1. The number of amides is 2. The van der Waals surface area contributed by atoms with Crippen molar-refractivity contribution in [2.75, 3.05) is 18.4 Å². The van der Waals surface area contributed by atoms with Crippen LogP contribution in [0.3, 0.4) is 0 Å². The van der Waals surface area contributed by atoms with Gasteiger partial charge in [0.15, 0.2) is 9.84 Å². The molecule has 3 unspecified atom stereocenters. The number of carbonyl (C=O) groups excluding carboxylic acids is 2. The second-order valence-electron chi connectivity index (χ2n) is 8.10. The monoisotopic (exact) mass is 440 g/mol. The summed E-state index contributed by atoms with van der Waals surface area (Å²) in [5.41, 5.74) is -0.167. The number of nitrogens with one attached hydrogen (secondary N) is 1. The largest absolute Gasteiger partial charge is 0.444 e. The second kappa shape index (κ2) is 9.26. The van der Waals surface area contributed by atoms with E-state index in [2.05, 4.69) is 21.1 Å². The number of sulfone groups is 1. The number of nitrogens with zero attached hydrogens (tertiary/aromatic N) is 1. The van der Waals surface area contributed by atoms with E-state index in [4.69, 9.17) is 4.74 Å². The lowest BCUT2D eigenvalue weighted by molar-refractivity contribution is -0.111. The van der Waals surface area contributed by atoms with Gasteiger partial charge in [-0.3, -0.25) is 4.79 Å². The molecule has 0 aromatic heterocycles. The van der Waals surface area contributed by atoms with E-state index in [1.807, 2.05) is 0 Å². The Morgan fingerprint density at radius 1 is 1.28 bits per heavy atom. The van der Waals surface area contributed by atoms with E-state index in [0.29, 0.717) is 31.6 Å². The molecule has 160 valence electrons. The summed E-state index contributed by atoms with van der Waals surface area (Å²) in [5.74, 6) is -0.363. The van der Waals surface area contributed by atoms with Gasteiger partial charge in [0.25, 0.3) is 0 Å². The highest BCUT2D eigenvalue weighted by Gasteiger charge is 2.34. The third-order valence-corrected chi connectivity index (χ3v) is 7.19. The quantitative estimate of drug-likeness (QED) is 0.573. The van der Waals surface area contributed by atoms with E-state index in [-0.39, 0.29) is 16.5 Å². The first-order valence-electron chi connectivity index (χ1n) is 9.43. The molecule has 1 aromatic rings. The van der Waals surface area contributed by atoms with Crippen LogP contribution < -0.4 is 5.32 Å². The van der Waals surface area contributed by atoms with Gasteiger partial charge in [0.1, 0.15) is 5.60 Å². The van der Waals surface area contributed by atoms with E-state index in [1.165, 1.54) is 12.1 Å². The number of carbonyl (C=O) groups is 2. The van der Waals surface area contributed by atoms with E-state index < -0.39 is 26.8 Å². The molecule has 0 spiro atoms. The molecular formula is C20H29N2O5PS. The molecular weight excluding hydrogens is 411 g/mol. The van der Waals surface area contributed by atoms with Crippen LogP contribution in [0.5, 0.6) is 0 Å². The first-order chi connectivity index (χ1) is 13.4. The minimum absolute atomic E-state index is 0.0593. The molecule has 1 heterocycles. The second-order valence-corrected chi connectivity index (χ2v) is 11.3. The topological polar surface area (TPSA) is 92.8 Å². The van der Waals surface area contributed by atoms with Gasteiger partial charge in [-0.05, 0) is 69.6 Å². The first kappa shape index (κ1) is 23.4. The highest BCUT2D eigenvalue weighted by Crippen LogP contribution is 2.29. The zero-order valence-electron chi connectivity index (χ0n) is 17.1. The van der Waals surface area contributed by atoms with Crippen molar-refractivity contribution in [2.24, 2.45) is 0 Å². The summed E-state index contributed by atoms with van der Waals surface area (Å²) < 4.78 is 31.7. The van der Waals surface area contributed by atoms with Gasteiger partial charge < -0.3 is 15.0 Å². The summed E-state index contributed by atoms with van der Waals surface area (Å²) in [7, 11) is -0.939. The maximum atomic E-state index is 13.1. The van der Waals surface area contributed by atoms with Crippen molar-refractivity contribution in [1.82, 2.24) is 4.90 Å². The number of benzene rings is 1. The van der Waals surface area contributed by atoms with Crippen LogP contribution in [0, 0.1) is 0 Å². The van der Waals surface area contributed by atoms with Gasteiger partial charge in [0.2, 0.25) is 5.91 Å². The zero-order chi connectivity index (χ0) is 21.8. The summed E-state index contributed by atoms with van der Waals surface area (Å²) in [6.07, 6.45) is 1.49. The first-order valence-corrected chi connectivity index (χ1v) is 11.6. The summed E-state index contributed by atoms with van der Waals surface area (Å²) in [4.78, 5) is 25.5. The van der Waals surface area contributed by atoms with Gasteiger partial charge in [-0.2, -0.15) is 0 Å². The minimum atomic E-state index is -3.58. The van der Waals surface area contributed by atoms with Crippen molar-refractivity contribution in [3.63, 3.8) is 0 Å². The molecule has 0 saturated carbocycles. The molecule has 0 bridgehead atoms. The lowest BCUT2D eigenvalue weighted by Gasteiger charge is -2.27. The number of hydrogen-bond donors (Lipinski definition) is 1. The Balaban J connectivity index is 2.13. The van der Waals surface area contributed by atoms with Crippen molar-refractivity contribution >= 4 is 36.8 Å². The predicted molar refractivity (Wildman–Crippen MR) is 117 cm³/mol. The molecule has 1 saturated heterocycles. The van der Waals surface area contributed by atoms with Gasteiger partial charge in [-0.1, -0.05) is 6.58 Å². The number of hydrogen-bond acceptors (Lipinski definition) is 5. The molecule has 0 radical (unpaired) electrons. The fourth-order valence-corrected chi connectivity index (χ4v) is 5.69. The molecule has 29 heavy (non-hydrogen) atoms. The molecule has 9 heteroatoms. The van der Waals surface area contributed by atoms with Gasteiger partial charge >= 0.3 is 6.09 Å². The third kappa shape index (κ3) is 6.54. The Morgan fingerprint density at radius 2 is 1.90 bits per heavy atom. The smallest absolute Gasteiger partial charge is 0.410 e. The number of ether oxygens (including phenoxy) is 1. The van der Waals surface area contributed by atoms with Crippen molar-refractivity contribution in [3.8, 4) is 0 Å². The normalized spacial score (nSPS) is 20.5. The highest BCUT2D eigenvalue weighted by atomic mass is 32.2. The highest BCUT2D eigenvalue weighted by molar-refractivity contribution is 7.92. The molecule has 2 rings (SSSR count). The van der Waals surface area contributed by atoms with Gasteiger partial charge in [0.05, 0.1) is 10.1 Å². The fourth-order valence-electron chi connectivity index (χ4n) is 3.09. The van der Waals surface area contributed by atoms with Crippen LogP contribution in [0.25, 0.3) is 0 Å². The minimum Gasteiger partial charge on any atom is -0.444 e. The average Bonchev–Trinajstić information content (AvgIpc) is 2.83. The van der Waals surface area contributed by atoms with Crippen molar-refractivity contribution < 1.29 is 22.7 Å². The Hall–Kier alpha value is -1.92. The summed E-state index contributed by atoms with van der Waals surface area (Å²) in [6.45, 7) is 9.53. The Morgan fingerprint density at radius 3 is 2.45 bits per heavy atom. The molecule has 1 fully saturated rings. The summed E-state index contributed by atoms with van der Waals surface area (Å²) >= 11 is 0. The molecule has 2 amide bonds. The van der Waals surface area contributed by atoms with E-state index in [0.717, 1.165) is 6.08 Å². The molecule has 1 aliphatic rings. The van der Waals surface area contributed by atoms with Crippen molar-refractivity contribution in [1.29, 1.82) is 0 Å². The van der Waals surface area contributed by atoms with Gasteiger partial charge in [-0.25, -0.2) is 13.2 Å². The molecule has 7 nitrogen and oxygen atoms in total. The van der Waals surface area contributed by atoms with E-state index in [9.17, 15) is 18.0 Å². The lowest BCUT2D eigenvalue weighted by Crippen LogP contribution is -2.39. The number of rotatable bonds is 4. The molecule has 1 aliphatic heterocycles. The maximum Gasteiger partial charge on any atom is 0.410 e. The van der Waals surface area contributed by atoms with Gasteiger partial charge in [0, 0.05) is 18.8 Å². The Bertz CT molecular complexity index is 862. The van der Waals surface area contributed by atoms with Crippen LogP contribution in [-0.2, 0) is 19.4 Å². The van der Waals surface area contributed by atoms with Crippen molar-refractivity contribution in [2.45, 2.75) is 55.0 Å². The van der Waals surface area contributed by atoms with Gasteiger partial charge in [-0.15, -0.1) is 9.24 Å². The molecule has 0 aliphatic carbocycles. The SMILES string of the molecule is C=CC(=O)Nc1ccc(S(=O)(=O)C2CCN(C(=O)OC(C)(C)C)CC(P)C2)cc1. The van der Waals surface area contributed by atoms with E-state index >= 15 is 0 Å². The standard InChI is InChI=1S/C20H29N2O5PS/c1-5-18(23)21-14-6-8-16(9-7-14)29(25,26)17-10-11-22(13-15(28)12-17)19(24)27-20(2,3)4/h5-9,15,17H,1,10-13,28H2,2-4H3,(H,21,23). The van der Waals surface area contributed by atoms with Crippen molar-refractivity contribution in [3.05, 3.63) is 36.9 Å². The van der Waals surface area contributed by atoms with Crippen LogP contribution in [0.1, 0.15) is 33.6 Å².